The molecule has 1 aromatic heterocycles. The van der Waals surface area contributed by atoms with Crippen molar-refractivity contribution in [2.75, 3.05) is 19.0 Å². The average molecular weight is 476 g/mol. The first-order valence-corrected chi connectivity index (χ1v) is 11.4. The second-order valence-electron chi connectivity index (χ2n) is 7.93. The van der Waals surface area contributed by atoms with Gasteiger partial charge in [0.2, 0.25) is 5.91 Å². The van der Waals surface area contributed by atoms with E-state index in [1.54, 1.807) is 13.2 Å². The normalized spacial score (nSPS) is 10.8. The summed E-state index contributed by atoms with van der Waals surface area (Å²) in [5, 5.41) is 7.73. The highest BCUT2D eigenvalue weighted by molar-refractivity contribution is 6.30. The number of pyridine rings is 1. The Kier molecular flexibility index (Phi) is 7.50. The first-order valence-electron chi connectivity index (χ1n) is 11.0. The molecular weight excluding hydrogens is 450 g/mol. The lowest BCUT2D eigenvalue weighted by Crippen LogP contribution is -2.35. The van der Waals surface area contributed by atoms with Crippen molar-refractivity contribution in [3.8, 4) is 5.75 Å². The molecule has 4 aromatic rings. The van der Waals surface area contributed by atoms with Gasteiger partial charge in [-0.3, -0.25) is 14.2 Å². The van der Waals surface area contributed by atoms with Gasteiger partial charge in [-0.1, -0.05) is 41.9 Å². The van der Waals surface area contributed by atoms with Crippen LogP contribution in [0, 0.1) is 0 Å². The number of ether oxygens (including phenoxy) is 1. The van der Waals surface area contributed by atoms with Crippen LogP contribution in [0.5, 0.6) is 5.75 Å². The van der Waals surface area contributed by atoms with Gasteiger partial charge in [-0.2, -0.15) is 0 Å². The van der Waals surface area contributed by atoms with E-state index in [2.05, 4.69) is 10.6 Å². The topological polar surface area (TPSA) is 72.4 Å². The molecule has 1 amide bonds. The van der Waals surface area contributed by atoms with Gasteiger partial charge in [-0.25, -0.2) is 0 Å². The number of rotatable bonds is 9. The van der Waals surface area contributed by atoms with Crippen LogP contribution < -0.4 is 20.9 Å². The van der Waals surface area contributed by atoms with E-state index in [9.17, 15) is 9.59 Å². The lowest BCUT2D eigenvalue weighted by atomic mass is 10.1. The molecule has 0 spiro atoms. The number of hydrogen-bond acceptors (Lipinski definition) is 4. The number of nitrogens with one attached hydrogen (secondary N) is 2. The molecular formula is C27H26ClN3O3. The van der Waals surface area contributed by atoms with Gasteiger partial charge in [0.1, 0.15) is 12.3 Å². The zero-order chi connectivity index (χ0) is 23.9. The van der Waals surface area contributed by atoms with Crippen LogP contribution in [0.4, 0.5) is 5.69 Å². The van der Waals surface area contributed by atoms with Gasteiger partial charge >= 0.3 is 0 Å². The number of aromatic nitrogens is 1. The molecule has 0 saturated heterocycles. The van der Waals surface area contributed by atoms with E-state index in [0.29, 0.717) is 41.4 Å². The lowest BCUT2D eigenvalue weighted by molar-refractivity contribution is -0.121. The summed E-state index contributed by atoms with van der Waals surface area (Å²) in [7, 11) is 1.57. The summed E-state index contributed by atoms with van der Waals surface area (Å²) in [5.74, 6) is 0.396. The van der Waals surface area contributed by atoms with Gasteiger partial charge in [0, 0.05) is 35.4 Å². The molecule has 4 rings (SSSR count). The monoisotopic (exact) mass is 475 g/mol. The lowest BCUT2D eigenvalue weighted by Gasteiger charge is -2.15. The van der Waals surface area contributed by atoms with Crippen molar-refractivity contribution in [1.82, 2.24) is 9.88 Å². The Labute approximate surface area is 203 Å². The maximum Gasteiger partial charge on any atom is 0.256 e. The molecule has 0 aliphatic heterocycles. The molecule has 3 aromatic carbocycles. The third kappa shape index (κ3) is 5.77. The van der Waals surface area contributed by atoms with Gasteiger partial charge in [-0.05, 0) is 59.8 Å². The highest BCUT2D eigenvalue weighted by Crippen LogP contribution is 2.21. The number of carbonyl (C=O) groups is 1. The van der Waals surface area contributed by atoms with E-state index in [4.69, 9.17) is 16.3 Å². The summed E-state index contributed by atoms with van der Waals surface area (Å²) in [6.45, 7) is 0.733. The number of carbonyl (C=O) groups excluding carboxylic acids is 1. The van der Waals surface area contributed by atoms with E-state index in [0.717, 1.165) is 16.6 Å². The summed E-state index contributed by atoms with van der Waals surface area (Å²) in [6.07, 6.45) is 0.674. The molecule has 0 atom stereocenters. The van der Waals surface area contributed by atoms with E-state index in [-0.39, 0.29) is 18.0 Å². The Bertz CT molecular complexity index is 1340. The SMILES string of the molecule is COc1ccc2cc(CNc3ccccc3)c(=O)n(CC(=O)NCCc3ccc(Cl)cc3)c2c1. The van der Waals surface area contributed by atoms with Crippen molar-refractivity contribution in [3.05, 3.63) is 105 Å². The molecule has 7 heteroatoms. The first-order chi connectivity index (χ1) is 16.5. The van der Waals surface area contributed by atoms with E-state index < -0.39 is 0 Å². The molecule has 0 fully saturated rings. The highest BCUT2D eigenvalue weighted by atomic mass is 35.5. The summed E-state index contributed by atoms with van der Waals surface area (Å²) < 4.78 is 6.85. The highest BCUT2D eigenvalue weighted by Gasteiger charge is 2.13. The number of amides is 1. The van der Waals surface area contributed by atoms with Crippen LogP contribution >= 0.6 is 11.6 Å². The molecule has 0 radical (unpaired) electrons. The summed E-state index contributed by atoms with van der Waals surface area (Å²) in [4.78, 5) is 26.1. The number of hydrogen-bond donors (Lipinski definition) is 2. The summed E-state index contributed by atoms with van der Waals surface area (Å²) >= 11 is 5.93. The molecule has 174 valence electrons. The molecule has 2 N–H and O–H groups in total. The van der Waals surface area contributed by atoms with Crippen LogP contribution in [-0.2, 0) is 24.3 Å². The van der Waals surface area contributed by atoms with Gasteiger partial charge in [0.25, 0.3) is 5.56 Å². The molecule has 34 heavy (non-hydrogen) atoms. The molecule has 6 nitrogen and oxygen atoms in total. The van der Waals surface area contributed by atoms with Crippen molar-refractivity contribution >= 4 is 34.1 Å². The van der Waals surface area contributed by atoms with E-state index >= 15 is 0 Å². The number of halogens is 1. The van der Waals surface area contributed by atoms with Gasteiger partial charge in [-0.15, -0.1) is 0 Å². The quantitative estimate of drug-likeness (QED) is 0.370. The molecule has 0 saturated carbocycles. The fourth-order valence-corrected chi connectivity index (χ4v) is 3.90. The maximum atomic E-state index is 13.4. The number of para-hydroxylation sites is 1. The summed E-state index contributed by atoms with van der Waals surface area (Å²) in [6, 6.07) is 24.6. The van der Waals surface area contributed by atoms with Crippen LogP contribution in [0.3, 0.4) is 0 Å². The standard InChI is InChI=1S/C27H26ClN3O3/c1-34-24-12-9-20-15-21(17-30-23-5-3-2-4-6-23)27(33)31(25(20)16-24)18-26(32)29-14-13-19-7-10-22(28)11-8-19/h2-12,15-16,30H,13-14,17-18H2,1H3,(H,29,32). The third-order valence-corrected chi connectivity index (χ3v) is 5.84. The van der Waals surface area contributed by atoms with Crippen LogP contribution in [0.25, 0.3) is 10.9 Å². The zero-order valence-corrected chi connectivity index (χ0v) is 19.6. The number of methoxy groups -OCH3 is 1. The Hall–Kier alpha value is -3.77. The largest absolute Gasteiger partial charge is 0.497 e. The predicted molar refractivity (Wildman–Crippen MR) is 137 cm³/mol. The Morgan fingerprint density at radius 2 is 1.76 bits per heavy atom. The van der Waals surface area contributed by atoms with Crippen molar-refractivity contribution in [1.29, 1.82) is 0 Å². The van der Waals surface area contributed by atoms with Crippen molar-refractivity contribution in [2.45, 2.75) is 19.5 Å². The first kappa shape index (κ1) is 23.4. The molecule has 1 heterocycles. The minimum atomic E-state index is -0.228. The van der Waals surface area contributed by atoms with Crippen molar-refractivity contribution in [3.63, 3.8) is 0 Å². The molecule has 0 aliphatic carbocycles. The number of benzene rings is 3. The Morgan fingerprint density at radius 3 is 2.50 bits per heavy atom. The zero-order valence-electron chi connectivity index (χ0n) is 18.9. The molecule has 0 bridgehead atoms. The minimum Gasteiger partial charge on any atom is -0.497 e. The van der Waals surface area contributed by atoms with E-state index in [1.165, 1.54) is 4.57 Å². The fourth-order valence-electron chi connectivity index (χ4n) is 3.77. The van der Waals surface area contributed by atoms with E-state index in [1.807, 2.05) is 72.8 Å². The average Bonchev–Trinajstić information content (AvgIpc) is 2.86. The minimum absolute atomic E-state index is 0.0811. The Morgan fingerprint density at radius 1 is 1.00 bits per heavy atom. The van der Waals surface area contributed by atoms with Crippen LogP contribution in [0.15, 0.2) is 83.7 Å². The van der Waals surface area contributed by atoms with Gasteiger partial charge in [0.15, 0.2) is 0 Å². The van der Waals surface area contributed by atoms with Crippen molar-refractivity contribution in [2.24, 2.45) is 0 Å². The Balaban J connectivity index is 1.54. The summed E-state index contributed by atoms with van der Waals surface area (Å²) in [5.41, 5.74) is 3.02. The van der Waals surface area contributed by atoms with Crippen LogP contribution in [0.2, 0.25) is 5.02 Å². The third-order valence-electron chi connectivity index (χ3n) is 5.59. The smallest absolute Gasteiger partial charge is 0.256 e. The maximum absolute atomic E-state index is 13.4. The predicted octanol–water partition coefficient (Wildman–Crippen LogP) is 4.63. The molecule has 0 unspecified atom stereocenters. The van der Waals surface area contributed by atoms with Gasteiger partial charge < -0.3 is 15.4 Å². The second-order valence-corrected chi connectivity index (χ2v) is 8.37. The van der Waals surface area contributed by atoms with Crippen LogP contribution in [0.1, 0.15) is 11.1 Å². The second kappa shape index (κ2) is 10.9. The van der Waals surface area contributed by atoms with Gasteiger partial charge in [0.05, 0.1) is 12.6 Å². The van der Waals surface area contributed by atoms with Crippen LogP contribution in [-0.4, -0.2) is 24.1 Å². The fraction of sp³-hybridized carbons (Fsp3) is 0.185. The molecule has 0 aliphatic rings. The number of fused-ring (bicyclic) bond motifs is 1. The number of nitrogens with zero attached hydrogens (tertiary/aromatic N) is 1. The van der Waals surface area contributed by atoms with Crippen molar-refractivity contribution < 1.29 is 9.53 Å². The number of anilines is 1.